The number of hydrogen-bond acceptors (Lipinski definition) is 5. The van der Waals surface area contributed by atoms with Crippen LogP contribution in [0.5, 0.6) is 0 Å². The molecule has 0 aliphatic heterocycles. The molecule has 0 bridgehead atoms. The smallest absolute Gasteiger partial charge is 0.274 e. The monoisotopic (exact) mass is 266 g/mol. The Kier molecular flexibility index (Phi) is 2.96. The van der Waals surface area contributed by atoms with E-state index in [2.05, 4.69) is 15.3 Å². The quantitative estimate of drug-likeness (QED) is 0.581. The Labute approximate surface area is 114 Å². The molecular formula is C14H10N4O2. The third-order valence-corrected chi connectivity index (χ3v) is 2.87. The molecule has 0 saturated carbocycles. The number of benzene rings is 1. The van der Waals surface area contributed by atoms with Crippen LogP contribution in [0, 0.1) is 10.1 Å². The fraction of sp³-hybridized carbons (Fsp3) is 0. The molecule has 20 heavy (non-hydrogen) atoms. The standard InChI is InChI=1S/C14H10N4O2/c19-18(20)13-4-6-16-14(8-13)17-12-2-1-11-9-15-5-3-10(11)7-12/h1-9H,(H,16,17). The van der Waals surface area contributed by atoms with Gasteiger partial charge in [-0.3, -0.25) is 15.1 Å². The molecule has 6 heteroatoms. The van der Waals surface area contributed by atoms with Gasteiger partial charge in [-0.2, -0.15) is 0 Å². The van der Waals surface area contributed by atoms with Gasteiger partial charge in [0.15, 0.2) is 0 Å². The molecule has 0 aliphatic carbocycles. The molecule has 3 rings (SSSR count). The summed E-state index contributed by atoms with van der Waals surface area (Å²) in [4.78, 5) is 18.4. The van der Waals surface area contributed by atoms with Crippen LogP contribution in [-0.2, 0) is 0 Å². The topological polar surface area (TPSA) is 81.0 Å². The number of nitrogens with one attached hydrogen (secondary N) is 1. The van der Waals surface area contributed by atoms with E-state index in [4.69, 9.17) is 0 Å². The van der Waals surface area contributed by atoms with Crippen molar-refractivity contribution in [1.82, 2.24) is 9.97 Å². The molecule has 0 fully saturated rings. The van der Waals surface area contributed by atoms with E-state index in [0.717, 1.165) is 16.5 Å². The van der Waals surface area contributed by atoms with Gasteiger partial charge in [0.25, 0.3) is 5.69 Å². The second-order valence-electron chi connectivity index (χ2n) is 4.22. The molecule has 0 radical (unpaired) electrons. The summed E-state index contributed by atoms with van der Waals surface area (Å²) in [5, 5.41) is 15.8. The number of anilines is 2. The average molecular weight is 266 g/mol. The van der Waals surface area contributed by atoms with E-state index in [1.54, 1.807) is 12.4 Å². The van der Waals surface area contributed by atoms with Crippen molar-refractivity contribution in [2.24, 2.45) is 0 Å². The first-order chi connectivity index (χ1) is 9.72. The molecule has 2 aromatic heterocycles. The normalized spacial score (nSPS) is 10.4. The lowest BCUT2D eigenvalue weighted by molar-refractivity contribution is -0.384. The van der Waals surface area contributed by atoms with Gasteiger partial charge in [0.2, 0.25) is 0 Å². The maximum absolute atomic E-state index is 10.7. The minimum Gasteiger partial charge on any atom is -0.340 e. The van der Waals surface area contributed by atoms with E-state index < -0.39 is 4.92 Å². The highest BCUT2D eigenvalue weighted by molar-refractivity contribution is 5.85. The van der Waals surface area contributed by atoms with Crippen LogP contribution in [0.25, 0.3) is 10.8 Å². The van der Waals surface area contributed by atoms with Crippen molar-refractivity contribution in [2.45, 2.75) is 0 Å². The van der Waals surface area contributed by atoms with Crippen molar-refractivity contribution < 1.29 is 4.92 Å². The summed E-state index contributed by atoms with van der Waals surface area (Å²) in [5.41, 5.74) is 0.823. The fourth-order valence-corrected chi connectivity index (χ4v) is 1.91. The fourth-order valence-electron chi connectivity index (χ4n) is 1.91. The van der Waals surface area contributed by atoms with Crippen LogP contribution in [0.3, 0.4) is 0 Å². The molecule has 0 aliphatic rings. The lowest BCUT2D eigenvalue weighted by atomic mass is 10.1. The lowest BCUT2D eigenvalue weighted by Crippen LogP contribution is -1.95. The molecular weight excluding hydrogens is 256 g/mol. The van der Waals surface area contributed by atoms with Gasteiger partial charge in [-0.1, -0.05) is 6.07 Å². The number of pyridine rings is 2. The number of rotatable bonds is 3. The predicted molar refractivity (Wildman–Crippen MR) is 75.9 cm³/mol. The highest BCUT2D eigenvalue weighted by atomic mass is 16.6. The van der Waals surface area contributed by atoms with Crippen LogP contribution in [0.15, 0.2) is 55.0 Å². The minimum atomic E-state index is -0.446. The van der Waals surface area contributed by atoms with Crippen molar-refractivity contribution in [2.75, 3.05) is 5.32 Å². The van der Waals surface area contributed by atoms with Crippen LogP contribution in [0.1, 0.15) is 0 Å². The Hall–Kier alpha value is -3.02. The van der Waals surface area contributed by atoms with E-state index in [9.17, 15) is 10.1 Å². The summed E-state index contributed by atoms with van der Waals surface area (Å²) in [6, 6.07) is 10.4. The van der Waals surface area contributed by atoms with E-state index in [-0.39, 0.29) is 5.69 Å². The summed E-state index contributed by atoms with van der Waals surface area (Å²) in [6.07, 6.45) is 4.91. The Bertz CT molecular complexity index is 789. The van der Waals surface area contributed by atoms with Crippen molar-refractivity contribution in [1.29, 1.82) is 0 Å². The van der Waals surface area contributed by atoms with Gasteiger partial charge in [-0.05, 0) is 23.6 Å². The third kappa shape index (κ3) is 2.39. The van der Waals surface area contributed by atoms with Crippen molar-refractivity contribution >= 4 is 28.0 Å². The molecule has 3 aromatic rings. The number of hydrogen-bond donors (Lipinski definition) is 1. The van der Waals surface area contributed by atoms with Crippen LogP contribution in [0.4, 0.5) is 17.2 Å². The van der Waals surface area contributed by atoms with Gasteiger partial charge in [0.1, 0.15) is 5.82 Å². The van der Waals surface area contributed by atoms with Gasteiger partial charge in [-0.15, -0.1) is 0 Å². The number of aromatic nitrogens is 2. The SMILES string of the molecule is O=[N+]([O-])c1ccnc(Nc2ccc3cnccc3c2)c1. The van der Waals surface area contributed by atoms with E-state index in [1.165, 1.54) is 18.3 Å². The van der Waals surface area contributed by atoms with E-state index >= 15 is 0 Å². The summed E-state index contributed by atoms with van der Waals surface area (Å²) in [5.74, 6) is 0.438. The van der Waals surface area contributed by atoms with E-state index in [0.29, 0.717) is 5.82 Å². The zero-order valence-electron chi connectivity index (χ0n) is 10.4. The number of fused-ring (bicyclic) bond motifs is 1. The Morgan fingerprint density at radius 1 is 1.05 bits per heavy atom. The number of nitrogens with zero attached hydrogens (tertiary/aromatic N) is 3. The maximum Gasteiger partial charge on any atom is 0.274 e. The lowest BCUT2D eigenvalue weighted by Gasteiger charge is -2.06. The first kappa shape index (κ1) is 12.0. The molecule has 2 heterocycles. The molecule has 0 unspecified atom stereocenters. The summed E-state index contributed by atoms with van der Waals surface area (Å²) >= 11 is 0. The summed E-state index contributed by atoms with van der Waals surface area (Å²) < 4.78 is 0. The Morgan fingerprint density at radius 2 is 1.95 bits per heavy atom. The van der Waals surface area contributed by atoms with Gasteiger partial charge >= 0.3 is 0 Å². The van der Waals surface area contributed by atoms with Crippen LogP contribution >= 0.6 is 0 Å². The molecule has 0 atom stereocenters. The van der Waals surface area contributed by atoms with Crippen molar-refractivity contribution in [3.63, 3.8) is 0 Å². The van der Waals surface area contributed by atoms with E-state index in [1.807, 2.05) is 24.3 Å². The molecule has 98 valence electrons. The van der Waals surface area contributed by atoms with Crippen LogP contribution < -0.4 is 5.32 Å². The largest absolute Gasteiger partial charge is 0.340 e. The second kappa shape index (κ2) is 4.93. The predicted octanol–water partition coefficient (Wildman–Crippen LogP) is 3.28. The van der Waals surface area contributed by atoms with Gasteiger partial charge in [-0.25, -0.2) is 4.98 Å². The first-order valence-corrected chi connectivity index (χ1v) is 5.94. The van der Waals surface area contributed by atoms with Crippen LogP contribution in [0.2, 0.25) is 0 Å². The van der Waals surface area contributed by atoms with Crippen LogP contribution in [-0.4, -0.2) is 14.9 Å². The highest BCUT2D eigenvalue weighted by Crippen LogP contribution is 2.22. The number of nitro groups is 1. The van der Waals surface area contributed by atoms with Crippen molar-refractivity contribution in [3.8, 4) is 0 Å². The molecule has 6 nitrogen and oxygen atoms in total. The molecule has 1 aromatic carbocycles. The average Bonchev–Trinajstić information content (AvgIpc) is 2.47. The molecule has 1 N–H and O–H groups in total. The van der Waals surface area contributed by atoms with Gasteiger partial charge in [0.05, 0.1) is 11.0 Å². The maximum atomic E-state index is 10.7. The second-order valence-corrected chi connectivity index (χ2v) is 4.22. The molecule has 0 amide bonds. The minimum absolute atomic E-state index is 0.00693. The third-order valence-electron chi connectivity index (χ3n) is 2.87. The van der Waals surface area contributed by atoms with Crippen molar-refractivity contribution in [3.05, 3.63) is 65.1 Å². The van der Waals surface area contributed by atoms with Gasteiger partial charge < -0.3 is 5.32 Å². The highest BCUT2D eigenvalue weighted by Gasteiger charge is 2.07. The molecule has 0 saturated heterocycles. The Morgan fingerprint density at radius 3 is 2.80 bits per heavy atom. The summed E-state index contributed by atoms with van der Waals surface area (Å²) in [7, 11) is 0. The molecule has 0 spiro atoms. The first-order valence-electron chi connectivity index (χ1n) is 5.94. The summed E-state index contributed by atoms with van der Waals surface area (Å²) in [6.45, 7) is 0. The Balaban J connectivity index is 1.92. The van der Waals surface area contributed by atoms with Gasteiger partial charge in [0, 0.05) is 35.7 Å². The zero-order chi connectivity index (χ0) is 13.9. The zero-order valence-corrected chi connectivity index (χ0v) is 10.4.